The zero-order valence-corrected chi connectivity index (χ0v) is 18.7. The minimum Gasteiger partial charge on any atom is -0.489 e. The van der Waals surface area contributed by atoms with E-state index in [1.807, 2.05) is 50.3 Å². The number of rotatable bonds is 9. The first kappa shape index (κ1) is 23.1. The molecule has 0 radical (unpaired) electrons. The fourth-order valence-electron chi connectivity index (χ4n) is 3.08. The summed E-state index contributed by atoms with van der Waals surface area (Å²) in [5.41, 5.74) is 2.35. The highest BCUT2D eigenvalue weighted by Gasteiger charge is 2.10. The summed E-state index contributed by atoms with van der Waals surface area (Å²) in [7, 11) is 0. The summed E-state index contributed by atoms with van der Waals surface area (Å²) in [6.07, 6.45) is 10.5. The van der Waals surface area contributed by atoms with Crippen molar-refractivity contribution in [2.75, 3.05) is 0 Å². The van der Waals surface area contributed by atoms with Crippen LogP contribution in [0, 0.1) is 0 Å². The van der Waals surface area contributed by atoms with Crippen molar-refractivity contribution in [3.63, 3.8) is 0 Å². The van der Waals surface area contributed by atoms with Crippen molar-refractivity contribution in [2.45, 2.75) is 65.9 Å². The van der Waals surface area contributed by atoms with Crippen LogP contribution in [0.1, 0.15) is 64.0 Å². The largest absolute Gasteiger partial charge is 0.489 e. The number of hydrogen-bond donors (Lipinski definition) is 0. The van der Waals surface area contributed by atoms with Crippen molar-refractivity contribution in [1.82, 2.24) is 0 Å². The molecule has 0 spiro atoms. The zero-order valence-electron chi connectivity index (χ0n) is 17.9. The standard InChI is InChI=1S/C24H27ClO2.C2H6/c1-2-3-5-11-20-14-15-23(17-24(20)25)27-22-13-8-12-21(16-22)26-18-19-9-6-4-7-10-19;1-2/h4,6-7,9-10,12,14-17H,2-3,5,8,11,13,18H2,1H3;1-2H3. The molecule has 29 heavy (non-hydrogen) atoms. The third kappa shape index (κ3) is 7.98. The van der Waals surface area contributed by atoms with Gasteiger partial charge in [0.2, 0.25) is 0 Å². The monoisotopic (exact) mass is 412 g/mol. The molecule has 0 bridgehead atoms. The maximum atomic E-state index is 6.44. The Balaban J connectivity index is 0.00000145. The van der Waals surface area contributed by atoms with E-state index in [9.17, 15) is 0 Å². The lowest BCUT2D eigenvalue weighted by atomic mass is 10.1. The highest BCUT2D eigenvalue weighted by atomic mass is 35.5. The van der Waals surface area contributed by atoms with Crippen molar-refractivity contribution >= 4 is 11.6 Å². The summed E-state index contributed by atoms with van der Waals surface area (Å²) >= 11 is 6.44. The van der Waals surface area contributed by atoms with Gasteiger partial charge in [-0.25, -0.2) is 0 Å². The van der Waals surface area contributed by atoms with Crippen LogP contribution < -0.4 is 4.74 Å². The number of aryl methyl sites for hydroxylation is 1. The van der Waals surface area contributed by atoms with Gasteiger partial charge in [0.15, 0.2) is 0 Å². The second-order valence-corrected chi connectivity index (χ2v) is 7.25. The molecule has 2 aromatic rings. The van der Waals surface area contributed by atoms with E-state index in [0.29, 0.717) is 6.61 Å². The van der Waals surface area contributed by atoms with E-state index in [1.54, 1.807) is 0 Å². The normalized spacial score (nSPS) is 13.0. The first-order valence-electron chi connectivity index (χ1n) is 10.8. The average molecular weight is 413 g/mol. The van der Waals surface area contributed by atoms with E-state index >= 15 is 0 Å². The van der Waals surface area contributed by atoms with E-state index in [2.05, 4.69) is 31.2 Å². The van der Waals surface area contributed by atoms with Crippen LogP contribution in [0.25, 0.3) is 0 Å². The molecule has 0 heterocycles. The summed E-state index contributed by atoms with van der Waals surface area (Å²) in [5.74, 6) is 2.56. The summed E-state index contributed by atoms with van der Waals surface area (Å²) < 4.78 is 12.0. The smallest absolute Gasteiger partial charge is 0.128 e. The zero-order chi connectivity index (χ0) is 20.9. The van der Waals surface area contributed by atoms with E-state index in [-0.39, 0.29) is 0 Å². The van der Waals surface area contributed by atoms with Gasteiger partial charge in [-0.15, -0.1) is 0 Å². The van der Waals surface area contributed by atoms with Gasteiger partial charge in [-0.1, -0.05) is 81.6 Å². The van der Waals surface area contributed by atoms with E-state index in [1.165, 1.54) is 24.8 Å². The van der Waals surface area contributed by atoms with Crippen LogP contribution in [0.2, 0.25) is 5.02 Å². The van der Waals surface area contributed by atoms with Crippen LogP contribution in [0.4, 0.5) is 0 Å². The van der Waals surface area contributed by atoms with Crippen LogP contribution in [0.5, 0.6) is 5.75 Å². The SMILES string of the molecule is CC.CCCCCc1ccc(OC2=CC(OCc3ccccc3)=CCC2)cc1Cl. The Morgan fingerprint density at radius 3 is 2.52 bits per heavy atom. The van der Waals surface area contributed by atoms with Crippen molar-refractivity contribution in [3.05, 3.63) is 88.4 Å². The van der Waals surface area contributed by atoms with E-state index in [0.717, 1.165) is 47.1 Å². The number of hydrogen-bond acceptors (Lipinski definition) is 2. The fourth-order valence-corrected chi connectivity index (χ4v) is 3.34. The topological polar surface area (TPSA) is 18.5 Å². The minimum atomic E-state index is 0.564. The Bertz CT molecular complexity index is 794. The molecule has 0 aliphatic heterocycles. The molecule has 0 amide bonds. The molecular formula is C26H33ClO2. The third-order valence-corrected chi connectivity index (χ3v) is 4.96. The van der Waals surface area contributed by atoms with Gasteiger partial charge in [0.1, 0.15) is 23.9 Å². The number of allylic oxidation sites excluding steroid dienone is 3. The van der Waals surface area contributed by atoms with Crippen molar-refractivity contribution in [2.24, 2.45) is 0 Å². The molecule has 0 saturated carbocycles. The second-order valence-electron chi connectivity index (χ2n) is 6.84. The van der Waals surface area contributed by atoms with Gasteiger partial charge in [0.25, 0.3) is 0 Å². The fraction of sp³-hybridized carbons (Fsp3) is 0.385. The molecule has 1 aliphatic rings. The number of ether oxygens (including phenoxy) is 2. The maximum Gasteiger partial charge on any atom is 0.128 e. The van der Waals surface area contributed by atoms with Crippen LogP contribution in [0.3, 0.4) is 0 Å². The predicted molar refractivity (Wildman–Crippen MR) is 123 cm³/mol. The molecule has 3 heteroatoms. The molecule has 2 nitrogen and oxygen atoms in total. The van der Waals surface area contributed by atoms with Gasteiger partial charge in [0.05, 0.1) is 0 Å². The Kier molecular flexibility index (Phi) is 10.4. The van der Waals surface area contributed by atoms with Gasteiger partial charge < -0.3 is 9.47 Å². The second kappa shape index (κ2) is 13.1. The molecule has 0 N–H and O–H groups in total. The van der Waals surface area contributed by atoms with Crippen molar-refractivity contribution < 1.29 is 9.47 Å². The van der Waals surface area contributed by atoms with Crippen LogP contribution in [-0.2, 0) is 17.8 Å². The molecule has 0 aromatic heterocycles. The van der Waals surface area contributed by atoms with E-state index in [4.69, 9.17) is 21.1 Å². The van der Waals surface area contributed by atoms with Gasteiger partial charge in [-0.05, 0) is 48.6 Å². The average Bonchev–Trinajstić information content (AvgIpc) is 2.76. The summed E-state index contributed by atoms with van der Waals surface area (Å²) in [6, 6.07) is 16.2. The summed E-state index contributed by atoms with van der Waals surface area (Å²) in [4.78, 5) is 0. The Morgan fingerprint density at radius 1 is 1.00 bits per heavy atom. The molecule has 0 fully saturated rings. The molecule has 2 aromatic carbocycles. The Hall–Kier alpha value is -2.19. The Labute approximate surface area is 181 Å². The quantitative estimate of drug-likeness (QED) is 0.386. The lowest BCUT2D eigenvalue weighted by Gasteiger charge is -2.16. The van der Waals surface area contributed by atoms with Gasteiger partial charge in [-0.2, -0.15) is 0 Å². The number of unbranched alkanes of at least 4 members (excludes halogenated alkanes) is 2. The van der Waals surface area contributed by atoms with Gasteiger partial charge in [-0.3, -0.25) is 0 Å². The molecule has 0 saturated heterocycles. The van der Waals surface area contributed by atoms with Crippen molar-refractivity contribution in [3.8, 4) is 5.75 Å². The minimum absolute atomic E-state index is 0.564. The first-order valence-corrected chi connectivity index (χ1v) is 11.2. The lowest BCUT2D eigenvalue weighted by molar-refractivity contribution is 0.205. The Morgan fingerprint density at radius 2 is 1.79 bits per heavy atom. The highest BCUT2D eigenvalue weighted by Crippen LogP contribution is 2.28. The maximum absolute atomic E-state index is 6.44. The van der Waals surface area contributed by atoms with Crippen LogP contribution in [0.15, 0.2) is 72.2 Å². The third-order valence-electron chi connectivity index (χ3n) is 4.61. The molecule has 3 rings (SSSR count). The molecular weight excluding hydrogens is 380 g/mol. The van der Waals surface area contributed by atoms with E-state index < -0.39 is 0 Å². The number of halogens is 1. The number of benzene rings is 2. The molecule has 1 aliphatic carbocycles. The first-order chi connectivity index (χ1) is 14.2. The predicted octanol–water partition coefficient (Wildman–Crippen LogP) is 8.26. The lowest BCUT2D eigenvalue weighted by Crippen LogP contribution is -2.03. The van der Waals surface area contributed by atoms with Gasteiger partial charge in [0, 0.05) is 17.5 Å². The highest BCUT2D eigenvalue weighted by molar-refractivity contribution is 6.31. The van der Waals surface area contributed by atoms with Crippen LogP contribution >= 0.6 is 11.6 Å². The van der Waals surface area contributed by atoms with Crippen molar-refractivity contribution in [1.29, 1.82) is 0 Å². The van der Waals surface area contributed by atoms with Gasteiger partial charge >= 0.3 is 0 Å². The summed E-state index contributed by atoms with van der Waals surface area (Å²) in [6.45, 7) is 6.78. The molecule has 0 unspecified atom stereocenters. The van der Waals surface area contributed by atoms with Crippen LogP contribution in [-0.4, -0.2) is 0 Å². The summed E-state index contributed by atoms with van der Waals surface area (Å²) in [5, 5.41) is 0.788. The molecule has 156 valence electrons. The molecule has 0 atom stereocenters.